The average Bonchev–Trinajstić information content (AvgIpc) is 3.09. The van der Waals surface area contributed by atoms with Gasteiger partial charge in [0.25, 0.3) is 6.01 Å². The van der Waals surface area contributed by atoms with Crippen molar-refractivity contribution in [2.75, 3.05) is 12.4 Å². The predicted octanol–water partition coefficient (Wildman–Crippen LogP) is 4.59. The van der Waals surface area contributed by atoms with E-state index in [-0.39, 0.29) is 11.7 Å². The van der Waals surface area contributed by atoms with Crippen LogP contribution >= 0.6 is 0 Å². The number of oxazole rings is 1. The minimum atomic E-state index is -4.39. The first-order valence-electron chi connectivity index (χ1n) is 7.73. The quantitative estimate of drug-likeness (QED) is 0.670. The zero-order chi connectivity index (χ0) is 19.6. The van der Waals surface area contributed by atoms with Crippen LogP contribution in [0.15, 0.2) is 47.1 Å². The summed E-state index contributed by atoms with van der Waals surface area (Å²) < 4.78 is 48.0. The topological polar surface area (TPSA) is 77.2 Å². The van der Waals surface area contributed by atoms with E-state index >= 15 is 0 Å². The number of esters is 1. The van der Waals surface area contributed by atoms with Crippen molar-refractivity contribution in [1.29, 1.82) is 0 Å². The minimum Gasteiger partial charge on any atom is -0.464 e. The molecule has 1 N–H and O–H groups in total. The number of alkyl halides is 3. The van der Waals surface area contributed by atoms with E-state index in [4.69, 9.17) is 4.42 Å². The highest BCUT2D eigenvalue weighted by Gasteiger charge is 2.30. The van der Waals surface area contributed by atoms with Crippen LogP contribution in [0.4, 0.5) is 24.9 Å². The monoisotopic (exact) mass is 377 g/mol. The van der Waals surface area contributed by atoms with Gasteiger partial charge in [0.15, 0.2) is 11.5 Å². The molecule has 0 fully saturated rings. The Bertz CT molecular complexity index is 966. The molecule has 3 rings (SSSR count). The normalized spacial score (nSPS) is 11.3. The number of aryl methyl sites for hydroxylation is 1. The highest BCUT2D eigenvalue weighted by Crippen LogP contribution is 2.31. The lowest BCUT2D eigenvalue weighted by Gasteiger charge is -2.07. The van der Waals surface area contributed by atoms with Gasteiger partial charge in [-0.3, -0.25) is 0 Å². The van der Waals surface area contributed by atoms with E-state index in [1.165, 1.54) is 31.6 Å². The van der Waals surface area contributed by atoms with Crippen molar-refractivity contribution in [2.24, 2.45) is 0 Å². The van der Waals surface area contributed by atoms with Gasteiger partial charge in [-0.15, -0.1) is 0 Å². The molecule has 140 valence electrons. The average molecular weight is 377 g/mol. The maximum atomic E-state index is 12.6. The van der Waals surface area contributed by atoms with E-state index in [9.17, 15) is 18.0 Å². The van der Waals surface area contributed by atoms with Gasteiger partial charge >= 0.3 is 12.1 Å². The Kier molecular flexibility index (Phi) is 4.85. The number of anilines is 2. The van der Waals surface area contributed by atoms with E-state index in [2.05, 4.69) is 20.0 Å². The maximum Gasteiger partial charge on any atom is 0.416 e. The molecule has 0 bridgehead atoms. The van der Waals surface area contributed by atoms with E-state index in [0.29, 0.717) is 22.6 Å². The van der Waals surface area contributed by atoms with Gasteiger partial charge in [-0.25, -0.2) is 14.8 Å². The molecule has 0 spiro atoms. The number of aromatic nitrogens is 2. The number of hydrogen-bond donors (Lipinski definition) is 1. The summed E-state index contributed by atoms with van der Waals surface area (Å²) in [4.78, 5) is 19.6. The molecule has 6 nitrogen and oxygen atoms in total. The molecule has 2 heterocycles. The zero-order valence-electron chi connectivity index (χ0n) is 14.3. The molecule has 0 unspecified atom stereocenters. The van der Waals surface area contributed by atoms with Gasteiger partial charge in [0.05, 0.1) is 30.8 Å². The third kappa shape index (κ3) is 4.08. The van der Waals surface area contributed by atoms with Gasteiger partial charge in [-0.1, -0.05) is 12.1 Å². The Morgan fingerprint density at radius 1 is 1.15 bits per heavy atom. The molecule has 0 saturated carbocycles. The number of carbonyl (C=O) groups is 1. The molecule has 0 atom stereocenters. The second kappa shape index (κ2) is 7.10. The summed E-state index contributed by atoms with van der Waals surface area (Å²) >= 11 is 0. The fraction of sp³-hybridized carbons (Fsp3) is 0.167. The van der Waals surface area contributed by atoms with Gasteiger partial charge in [-0.05, 0) is 30.7 Å². The van der Waals surface area contributed by atoms with Crippen LogP contribution in [-0.4, -0.2) is 23.0 Å². The molecular formula is C18H14F3N3O3. The van der Waals surface area contributed by atoms with Crippen LogP contribution in [0.3, 0.4) is 0 Å². The molecule has 0 aliphatic carbocycles. The molecule has 0 aliphatic rings. The van der Waals surface area contributed by atoms with Crippen molar-refractivity contribution in [3.05, 3.63) is 59.5 Å². The number of nitrogens with one attached hydrogen (secondary N) is 1. The number of ether oxygens (including phenoxy) is 1. The maximum absolute atomic E-state index is 12.6. The third-order valence-electron chi connectivity index (χ3n) is 3.71. The molecule has 0 saturated heterocycles. The lowest BCUT2D eigenvalue weighted by molar-refractivity contribution is -0.137. The number of carbonyl (C=O) groups excluding carboxylic acids is 1. The highest BCUT2D eigenvalue weighted by molar-refractivity contribution is 5.89. The highest BCUT2D eigenvalue weighted by atomic mass is 19.4. The first kappa shape index (κ1) is 18.4. The largest absolute Gasteiger partial charge is 0.464 e. The smallest absolute Gasteiger partial charge is 0.416 e. The van der Waals surface area contributed by atoms with Crippen LogP contribution in [0.5, 0.6) is 0 Å². The number of nitrogens with zero attached hydrogens (tertiary/aromatic N) is 2. The number of pyridine rings is 1. The van der Waals surface area contributed by atoms with Gasteiger partial charge in [-0.2, -0.15) is 13.2 Å². The lowest BCUT2D eigenvalue weighted by Crippen LogP contribution is -2.07. The summed E-state index contributed by atoms with van der Waals surface area (Å²) in [5.41, 5.74) is 1.04. The summed E-state index contributed by atoms with van der Waals surface area (Å²) in [6, 6.07) is 6.37. The summed E-state index contributed by atoms with van der Waals surface area (Å²) in [6.07, 6.45) is -1.58. The lowest BCUT2D eigenvalue weighted by atomic mass is 10.1. The summed E-state index contributed by atoms with van der Waals surface area (Å²) in [5.74, 6) is -0.234. The molecule has 27 heavy (non-hydrogen) atoms. The second-order valence-electron chi connectivity index (χ2n) is 5.61. The Hall–Kier alpha value is -3.36. The Morgan fingerprint density at radius 2 is 1.85 bits per heavy atom. The fourth-order valence-corrected chi connectivity index (χ4v) is 2.37. The molecule has 3 aromatic rings. The van der Waals surface area contributed by atoms with Gasteiger partial charge in [0.2, 0.25) is 0 Å². The molecule has 0 aliphatic heterocycles. The minimum absolute atomic E-state index is 0.136. The van der Waals surface area contributed by atoms with Crippen molar-refractivity contribution < 1.29 is 27.1 Å². The Balaban J connectivity index is 1.76. The van der Waals surface area contributed by atoms with Crippen molar-refractivity contribution in [1.82, 2.24) is 9.97 Å². The summed E-state index contributed by atoms with van der Waals surface area (Å²) in [5, 5.41) is 2.88. The van der Waals surface area contributed by atoms with Crippen LogP contribution in [-0.2, 0) is 10.9 Å². The zero-order valence-corrected chi connectivity index (χ0v) is 14.3. The van der Waals surface area contributed by atoms with Crippen LogP contribution in [0.2, 0.25) is 0 Å². The SMILES string of the molecule is COC(=O)c1ncc(Nc2ncc(-c3ccc(C(F)(F)F)cc3)o2)cc1C. The fourth-order valence-electron chi connectivity index (χ4n) is 2.37. The van der Waals surface area contributed by atoms with E-state index in [0.717, 1.165) is 12.1 Å². The van der Waals surface area contributed by atoms with Gasteiger partial charge in [0, 0.05) is 5.56 Å². The Morgan fingerprint density at radius 3 is 2.44 bits per heavy atom. The molecule has 0 radical (unpaired) electrons. The van der Waals surface area contributed by atoms with Crippen LogP contribution in [0.1, 0.15) is 21.6 Å². The van der Waals surface area contributed by atoms with Crippen molar-refractivity contribution in [3.63, 3.8) is 0 Å². The van der Waals surface area contributed by atoms with Crippen LogP contribution in [0.25, 0.3) is 11.3 Å². The summed E-state index contributed by atoms with van der Waals surface area (Å²) in [7, 11) is 1.27. The van der Waals surface area contributed by atoms with Gasteiger partial charge in [0.1, 0.15) is 0 Å². The van der Waals surface area contributed by atoms with E-state index in [1.807, 2.05) is 0 Å². The van der Waals surface area contributed by atoms with E-state index < -0.39 is 17.7 Å². The molecule has 9 heteroatoms. The molecule has 1 aromatic carbocycles. The van der Waals surface area contributed by atoms with Crippen LogP contribution < -0.4 is 5.32 Å². The second-order valence-corrected chi connectivity index (χ2v) is 5.61. The first-order chi connectivity index (χ1) is 12.8. The van der Waals surface area contributed by atoms with Crippen molar-refractivity contribution in [3.8, 4) is 11.3 Å². The summed E-state index contributed by atoms with van der Waals surface area (Å²) in [6.45, 7) is 1.70. The number of halogens is 3. The van der Waals surface area contributed by atoms with Crippen molar-refractivity contribution >= 4 is 17.7 Å². The number of rotatable bonds is 4. The standard InChI is InChI=1S/C18H14F3N3O3/c1-10-7-13(8-22-15(10)16(25)26-2)24-17-23-9-14(27-17)11-3-5-12(6-4-11)18(19,20)21/h3-9H,1-2H3,(H,23,24). The Labute approximate surface area is 152 Å². The van der Waals surface area contributed by atoms with Gasteiger partial charge < -0.3 is 14.5 Å². The molecule has 2 aromatic heterocycles. The number of methoxy groups -OCH3 is 1. The third-order valence-corrected chi connectivity index (χ3v) is 3.71. The predicted molar refractivity (Wildman–Crippen MR) is 90.5 cm³/mol. The van der Waals surface area contributed by atoms with Crippen molar-refractivity contribution in [2.45, 2.75) is 13.1 Å². The molecule has 0 amide bonds. The van der Waals surface area contributed by atoms with Crippen LogP contribution in [0, 0.1) is 6.92 Å². The number of hydrogen-bond acceptors (Lipinski definition) is 6. The molecular weight excluding hydrogens is 363 g/mol. The number of benzene rings is 1. The first-order valence-corrected chi connectivity index (χ1v) is 7.73. The van der Waals surface area contributed by atoms with E-state index in [1.54, 1.807) is 13.0 Å².